The summed E-state index contributed by atoms with van der Waals surface area (Å²) < 4.78 is 43.0. The van der Waals surface area contributed by atoms with E-state index in [1.807, 2.05) is 12.1 Å². The van der Waals surface area contributed by atoms with Crippen molar-refractivity contribution in [2.45, 2.75) is 11.2 Å². The summed E-state index contributed by atoms with van der Waals surface area (Å²) in [5, 5.41) is 1.07. The van der Waals surface area contributed by atoms with Crippen molar-refractivity contribution in [3.63, 3.8) is 0 Å². The number of benzene rings is 1. The molecular formula is C15H14F3N4O3S2-. The van der Waals surface area contributed by atoms with Crippen LogP contribution in [-0.2, 0) is 15.8 Å². The largest absolute Gasteiger partial charge is 0.697 e. The van der Waals surface area contributed by atoms with E-state index in [1.54, 1.807) is 12.3 Å². The topological polar surface area (TPSA) is 101 Å². The van der Waals surface area contributed by atoms with Crippen molar-refractivity contribution in [1.29, 1.82) is 0 Å². The van der Waals surface area contributed by atoms with Gasteiger partial charge in [-0.25, -0.2) is 15.6 Å². The molecule has 3 N–H and O–H groups in total. The highest BCUT2D eigenvalue weighted by molar-refractivity contribution is 8.76. The lowest BCUT2D eigenvalue weighted by molar-refractivity contribution is -0.137. The number of carbonyl (C=O) groups excluding carboxylic acids is 1. The standard InChI is InChI=1S/C15H14F3N4O3S2/c16-15(17,18)10-4-5-11(19)12(9-10)22(20)25-14(23)24-7-8-26-27-13-3-1-2-6-21-13/h1-6,9,19H,7-8,20H2/q-1. The quantitative estimate of drug-likeness (QED) is 0.221. The predicted molar refractivity (Wildman–Crippen MR) is 97.1 cm³/mol. The number of nitrogens with one attached hydrogen (secondary N) is 1. The van der Waals surface area contributed by atoms with Crippen LogP contribution in [0.25, 0.3) is 5.73 Å². The number of ether oxygens (including phenoxy) is 1. The Balaban J connectivity index is 1.78. The predicted octanol–water partition coefficient (Wildman–Crippen LogP) is 4.97. The van der Waals surface area contributed by atoms with Gasteiger partial charge in [0.1, 0.15) is 11.6 Å². The maximum Gasteiger partial charge on any atom is 0.534 e. The molecule has 12 heteroatoms. The van der Waals surface area contributed by atoms with E-state index in [0.29, 0.717) is 11.8 Å². The molecule has 0 aliphatic heterocycles. The first-order valence-electron chi connectivity index (χ1n) is 7.30. The molecule has 0 fully saturated rings. The van der Waals surface area contributed by atoms with Crippen molar-refractivity contribution in [2.24, 2.45) is 5.84 Å². The first-order chi connectivity index (χ1) is 12.8. The van der Waals surface area contributed by atoms with Gasteiger partial charge in [0.05, 0.1) is 11.3 Å². The Kier molecular flexibility index (Phi) is 7.45. The van der Waals surface area contributed by atoms with Crippen molar-refractivity contribution in [3.8, 4) is 0 Å². The van der Waals surface area contributed by atoms with Gasteiger partial charge >= 0.3 is 12.3 Å². The van der Waals surface area contributed by atoms with Crippen molar-refractivity contribution >= 4 is 39.1 Å². The minimum Gasteiger partial charge on any atom is -0.697 e. The number of hydrazine groups is 1. The van der Waals surface area contributed by atoms with Gasteiger partial charge < -0.3 is 10.5 Å². The van der Waals surface area contributed by atoms with E-state index in [9.17, 15) is 18.0 Å². The average Bonchev–Trinajstić information content (AvgIpc) is 2.61. The van der Waals surface area contributed by atoms with Crippen LogP contribution < -0.4 is 11.0 Å². The lowest BCUT2D eigenvalue weighted by Crippen LogP contribution is -2.34. The molecule has 0 aliphatic carbocycles. The lowest BCUT2D eigenvalue weighted by atomic mass is 10.1. The van der Waals surface area contributed by atoms with E-state index < -0.39 is 23.6 Å². The first kappa shape index (κ1) is 21.0. The molecule has 1 heterocycles. The molecule has 1 aromatic carbocycles. The van der Waals surface area contributed by atoms with Crippen LogP contribution in [0.2, 0.25) is 0 Å². The molecule has 0 radical (unpaired) electrons. The van der Waals surface area contributed by atoms with Crippen LogP contribution in [0.4, 0.5) is 29.3 Å². The van der Waals surface area contributed by atoms with E-state index in [2.05, 4.69) is 9.82 Å². The third-order valence-corrected chi connectivity index (χ3v) is 5.13. The summed E-state index contributed by atoms with van der Waals surface area (Å²) in [7, 11) is 2.79. The molecule has 7 nitrogen and oxygen atoms in total. The molecule has 146 valence electrons. The van der Waals surface area contributed by atoms with Gasteiger partial charge in [0, 0.05) is 11.9 Å². The number of aromatic nitrogens is 1. The molecule has 0 amide bonds. The van der Waals surface area contributed by atoms with Crippen molar-refractivity contribution in [3.05, 3.63) is 53.9 Å². The average molecular weight is 419 g/mol. The summed E-state index contributed by atoms with van der Waals surface area (Å²) in [6.45, 7) is -0.00645. The third kappa shape index (κ3) is 6.73. The van der Waals surface area contributed by atoms with Crippen LogP contribution in [-0.4, -0.2) is 23.5 Å². The Hall–Kier alpha value is -2.31. The smallest absolute Gasteiger partial charge is 0.534 e. The highest BCUT2D eigenvalue weighted by Crippen LogP contribution is 2.35. The summed E-state index contributed by atoms with van der Waals surface area (Å²) >= 11 is 0. The van der Waals surface area contributed by atoms with Crippen molar-refractivity contribution in [1.82, 2.24) is 4.98 Å². The second-order valence-corrected chi connectivity index (χ2v) is 7.25. The van der Waals surface area contributed by atoms with Gasteiger partial charge in [0.2, 0.25) is 0 Å². The number of halogens is 3. The Bertz CT molecular complexity index is 766. The molecule has 27 heavy (non-hydrogen) atoms. The zero-order valence-electron chi connectivity index (χ0n) is 13.6. The van der Waals surface area contributed by atoms with E-state index in [0.717, 1.165) is 17.2 Å². The summed E-state index contributed by atoms with van der Waals surface area (Å²) in [6, 6.07) is 7.70. The maximum absolute atomic E-state index is 12.7. The zero-order chi connectivity index (χ0) is 19.9. The Morgan fingerprint density at radius 2 is 2.07 bits per heavy atom. The summed E-state index contributed by atoms with van der Waals surface area (Å²) in [5.74, 6) is 5.85. The molecule has 0 unspecified atom stereocenters. The fraction of sp³-hybridized carbons (Fsp3) is 0.200. The van der Waals surface area contributed by atoms with Gasteiger partial charge in [-0.05, 0) is 29.0 Å². The molecule has 0 atom stereocenters. The number of hydrogen-bond acceptors (Lipinski definition) is 8. The molecule has 0 saturated carbocycles. The fourth-order valence-corrected chi connectivity index (χ4v) is 3.41. The normalized spacial score (nSPS) is 11.1. The van der Waals surface area contributed by atoms with Crippen LogP contribution in [0.3, 0.4) is 0 Å². The number of pyridine rings is 1. The molecule has 2 rings (SSSR count). The number of nitrogens with two attached hydrogens (primary N) is 1. The van der Waals surface area contributed by atoms with Gasteiger partial charge in [0.15, 0.2) is 0 Å². The number of anilines is 1. The summed E-state index contributed by atoms with van der Waals surface area (Å²) in [4.78, 5) is 20.3. The molecule has 0 aliphatic rings. The van der Waals surface area contributed by atoms with Crippen LogP contribution in [0.1, 0.15) is 5.56 Å². The van der Waals surface area contributed by atoms with E-state index in [4.69, 9.17) is 16.3 Å². The highest BCUT2D eigenvalue weighted by Gasteiger charge is 2.31. The van der Waals surface area contributed by atoms with E-state index in [1.165, 1.54) is 21.6 Å². The molecule has 2 aromatic rings. The molecule has 1 aromatic heterocycles. The van der Waals surface area contributed by atoms with Crippen molar-refractivity contribution in [2.75, 3.05) is 17.5 Å². The van der Waals surface area contributed by atoms with Crippen LogP contribution in [0, 0.1) is 0 Å². The Morgan fingerprint density at radius 1 is 1.30 bits per heavy atom. The second-order valence-electron chi connectivity index (χ2n) is 4.82. The summed E-state index contributed by atoms with van der Waals surface area (Å²) in [5.41, 5.74) is 5.79. The van der Waals surface area contributed by atoms with Crippen LogP contribution >= 0.6 is 21.6 Å². The minimum absolute atomic E-state index is 0.00645. The third-order valence-electron chi connectivity index (χ3n) is 2.90. The number of alkyl halides is 3. The number of hydrogen-bond donors (Lipinski definition) is 1. The minimum atomic E-state index is -4.62. The zero-order valence-corrected chi connectivity index (χ0v) is 15.2. The van der Waals surface area contributed by atoms with E-state index >= 15 is 0 Å². The second kappa shape index (κ2) is 9.58. The van der Waals surface area contributed by atoms with Crippen LogP contribution in [0.5, 0.6) is 0 Å². The lowest BCUT2D eigenvalue weighted by Gasteiger charge is -2.22. The molecular weight excluding hydrogens is 405 g/mol. The molecule has 0 spiro atoms. The number of carbonyl (C=O) groups is 1. The van der Waals surface area contributed by atoms with Gasteiger partial charge in [-0.1, -0.05) is 29.0 Å². The molecule has 0 bridgehead atoms. The van der Waals surface area contributed by atoms with Gasteiger partial charge in [0.25, 0.3) is 0 Å². The van der Waals surface area contributed by atoms with E-state index in [-0.39, 0.29) is 17.5 Å². The van der Waals surface area contributed by atoms with Gasteiger partial charge in [-0.2, -0.15) is 13.2 Å². The Morgan fingerprint density at radius 3 is 2.74 bits per heavy atom. The fourth-order valence-electron chi connectivity index (χ4n) is 1.70. The van der Waals surface area contributed by atoms with Crippen LogP contribution in [0.15, 0.2) is 47.6 Å². The van der Waals surface area contributed by atoms with Crippen molar-refractivity contribution < 1.29 is 27.5 Å². The maximum atomic E-state index is 12.7. The first-order valence-corrected chi connectivity index (χ1v) is 9.62. The summed E-state index contributed by atoms with van der Waals surface area (Å²) in [6.07, 6.45) is -4.16. The number of rotatable bonds is 7. The van der Waals surface area contributed by atoms with Gasteiger partial charge in [-0.3, -0.25) is 4.84 Å². The van der Waals surface area contributed by atoms with Gasteiger partial charge in [-0.15, -0.1) is 10.9 Å². The SMILES string of the molecule is [NH-]c1ccc(C(F)(F)F)cc1N(N)OC(=O)OCCSSc1ccccn1. The monoisotopic (exact) mass is 419 g/mol. The molecule has 0 saturated heterocycles. The number of nitrogens with zero attached hydrogens (tertiary/aromatic N) is 2. The Labute approximate surface area is 160 Å². The highest BCUT2D eigenvalue weighted by atomic mass is 33.1.